The SMILES string of the molecule is COC(=O)C1=CC(C)(C)c2cc(O)cc(=O)n21. The highest BCUT2D eigenvalue weighted by atomic mass is 16.5. The van der Waals surface area contributed by atoms with Crippen molar-refractivity contribution in [3.05, 3.63) is 34.3 Å². The molecule has 0 atom stereocenters. The molecule has 90 valence electrons. The van der Waals surface area contributed by atoms with Gasteiger partial charge in [0.1, 0.15) is 11.4 Å². The van der Waals surface area contributed by atoms with E-state index in [1.807, 2.05) is 13.8 Å². The molecule has 1 aliphatic heterocycles. The summed E-state index contributed by atoms with van der Waals surface area (Å²) in [7, 11) is 1.26. The van der Waals surface area contributed by atoms with E-state index >= 15 is 0 Å². The van der Waals surface area contributed by atoms with Crippen LogP contribution < -0.4 is 5.56 Å². The number of hydrogen-bond acceptors (Lipinski definition) is 4. The van der Waals surface area contributed by atoms with Gasteiger partial charge in [0.05, 0.1) is 7.11 Å². The van der Waals surface area contributed by atoms with E-state index in [4.69, 9.17) is 0 Å². The Morgan fingerprint density at radius 3 is 2.65 bits per heavy atom. The number of carbonyl (C=O) groups is 1. The number of rotatable bonds is 1. The molecule has 0 unspecified atom stereocenters. The van der Waals surface area contributed by atoms with Gasteiger partial charge in [0.15, 0.2) is 0 Å². The van der Waals surface area contributed by atoms with Gasteiger partial charge in [0, 0.05) is 23.2 Å². The quantitative estimate of drug-likeness (QED) is 0.733. The number of esters is 1. The molecule has 1 N–H and O–H groups in total. The summed E-state index contributed by atoms with van der Waals surface area (Å²) < 4.78 is 5.91. The first-order chi connectivity index (χ1) is 7.86. The van der Waals surface area contributed by atoms with Gasteiger partial charge in [-0.3, -0.25) is 9.36 Å². The predicted molar refractivity (Wildman–Crippen MR) is 61.7 cm³/mol. The van der Waals surface area contributed by atoms with Crippen LogP contribution in [0.15, 0.2) is 23.0 Å². The first kappa shape index (κ1) is 11.4. The molecule has 2 rings (SSSR count). The highest BCUT2D eigenvalue weighted by molar-refractivity contribution is 6.11. The zero-order chi connectivity index (χ0) is 12.8. The van der Waals surface area contributed by atoms with Gasteiger partial charge in [-0.25, -0.2) is 4.79 Å². The minimum atomic E-state index is -0.565. The van der Waals surface area contributed by atoms with Crippen LogP contribution in [0.1, 0.15) is 19.5 Å². The van der Waals surface area contributed by atoms with Crippen LogP contribution >= 0.6 is 0 Å². The van der Waals surface area contributed by atoms with Gasteiger partial charge in [0.25, 0.3) is 5.56 Å². The highest BCUT2D eigenvalue weighted by Gasteiger charge is 2.34. The lowest BCUT2D eigenvalue weighted by atomic mass is 9.90. The molecule has 0 saturated carbocycles. The van der Waals surface area contributed by atoms with E-state index in [0.29, 0.717) is 5.69 Å². The number of methoxy groups -OCH3 is 1. The van der Waals surface area contributed by atoms with Gasteiger partial charge in [-0.1, -0.05) is 13.8 Å². The fourth-order valence-corrected chi connectivity index (χ4v) is 2.01. The Morgan fingerprint density at radius 2 is 2.06 bits per heavy atom. The number of nitrogens with zero attached hydrogens (tertiary/aromatic N) is 1. The number of ether oxygens (including phenoxy) is 1. The molecule has 5 nitrogen and oxygen atoms in total. The van der Waals surface area contributed by atoms with Crippen LogP contribution in [0.2, 0.25) is 0 Å². The molecule has 0 bridgehead atoms. The molecule has 0 aromatic carbocycles. The van der Waals surface area contributed by atoms with Crippen molar-refractivity contribution in [1.29, 1.82) is 0 Å². The van der Waals surface area contributed by atoms with Crippen molar-refractivity contribution in [2.75, 3.05) is 7.11 Å². The molecule has 5 heteroatoms. The van der Waals surface area contributed by atoms with Gasteiger partial charge in [-0.05, 0) is 6.08 Å². The maximum absolute atomic E-state index is 11.8. The number of fused-ring (bicyclic) bond motifs is 1. The molecule has 0 aliphatic carbocycles. The van der Waals surface area contributed by atoms with Gasteiger partial charge >= 0.3 is 5.97 Å². The van der Waals surface area contributed by atoms with Crippen LogP contribution in [0.3, 0.4) is 0 Å². The molecule has 1 aromatic rings. The van der Waals surface area contributed by atoms with E-state index in [1.165, 1.54) is 17.7 Å². The fraction of sp³-hybridized carbons (Fsp3) is 0.333. The molecule has 0 radical (unpaired) electrons. The fourth-order valence-electron chi connectivity index (χ4n) is 2.01. The van der Waals surface area contributed by atoms with Crippen molar-refractivity contribution in [3.63, 3.8) is 0 Å². The van der Waals surface area contributed by atoms with Gasteiger partial charge in [0.2, 0.25) is 0 Å². The van der Waals surface area contributed by atoms with E-state index in [2.05, 4.69) is 4.74 Å². The molecule has 0 saturated heterocycles. The van der Waals surface area contributed by atoms with Crippen molar-refractivity contribution < 1.29 is 14.6 Å². The molecule has 2 heterocycles. The second-order valence-electron chi connectivity index (χ2n) is 4.52. The lowest BCUT2D eigenvalue weighted by Crippen LogP contribution is -2.25. The molecule has 1 aromatic heterocycles. The number of hydrogen-bond donors (Lipinski definition) is 1. The Kier molecular flexibility index (Phi) is 2.34. The van der Waals surface area contributed by atoms with Crippen LogP contribution in [0.4, 0.5) is 0 Å². The number of allylic oxidation sites excluding steroid dienone is 1. The summed E-state index contributed by atoms with van der Waals surface area (Å²) in [6.07, 6.45) is 1.66. The average Bonchev–Trinajstić information content (AvgIpc) is 2.50. The second-order valence-corrected chi connectivity index (χ2v) is 4.52. The second kappa shape index (κ2) is 3.48. The van der Waals surface area contributed by atoms with E-state index < -0.39 is 16.9 Å². The minimum Gasteiger partial charge on any atom is -0.508 e. The molecule has 0 spiro atoms. The number of pyridine rings is 1. The van der Waals surface area contributed by atoms with Gasteiger partial charge < -0.3 is 9.84 Å². The van der Waals surface area contributed by atoms with Gasteiger partial charge in [-0.2, -0.15) is 0 Å². The number of carbonyl (C=O) groups excluding carboxylic acids is 1. The molecule has 17 heavy (non-hydrogen) atoms. The maximum Gasteiger partial charge on any atom is 0.354 e. The van der Waals surface area contributed by atoms with Crippen LogP contribution in [-0.2, 0) is 14.9 Å². The summed E-state index contributed by atoms with van der Waals surface area (Å²) in [5, 5.41) is 9.44. The zero-order valence-corrected chi connectivity index (χ0v) is 9.85. The summed E-state index contributed by atoms with van der Waals surface area (Å²) in [5.74, 6) is -0.668. The van der Waals surface area contributed by atoms with Gasteiger partial charge in [-0.15, -0.1) is 0 Å². The Balaban J connectivity index is 2.74. The lowest BCUT2D eigenvalue weighted by Gasteiger charge is -2.16. The van der Waals surface area contributed by atoms with E-state index in [-0.39, 0.29) is 11.4 Å². The van der Waals surface area contributed by atoms with E-state index in [9.17, 15) is 14.7 Å². The first-order valence-corrected chi connectivity index (χ1v) is 5.15. The maximum atomic E-state index is 11.8. The summed E-state index contributed by atoms with van der Waals surface area (Å²) in [6, 6.07) is 2.55. The monoisotopic (exact) mass is 235 g/mol. The topological polar surface area (TPSA) is 68.5 Å². The normalized spacial score (nSPS) is 16.3. The van der Waals surface area contributed by atoms with Crippen LogP contribution in [0.5, 0.6) is 5.75 Å². The van der Waals surface area contributed by atoms with Crippen molar-refractivity contribution in [2.24, 2.45) is 0 Å². The highest BCUT2D eigenvalue weighted by Crippen LogP contribution is 2.35. The summed E-state index contributed by atoms with van der Waals surface area (Å²) in [6.45, 7) is 3.71. The van der Waals surface area contributed by atoms with Crippen molar-refractivity contribution in [2.45, 2.75) is 19.3 Å². The summed E-state index contributed by atoms with van der Waals surface area (Å²) in [4.78, 5) is 23.4. The summed E-state index contributed by atoms with van der Waals surface area (Å²) >= 11 is 0. The Labute approximate surface area is 98.0 Å². The molecular weight excluding hydrogens is 222 g/mol. The van der Waals surface area contributed by atoms with Crippen molar-refractivity contribution in [3.8, 4) is 5.75 Å². The predicted octanol–water partition coefficient (Wildman–Crippen LogP) is 0.859. The molecule has 0 fully saturated rings. The number of aromatic hydroxyl groups is 1. The molecule has 1 aliphatic rings. The van der Waals surface area contributed by atoms with E-state index in [0.717, 1.165) is 6.07 Å². The van der Waals surface area contributed by atoms with E-state index in [1.54, 1.807) is 6.08 Å². The largest absolute Gasteiger partial charge is 0.508 e. The molecule has 0 amide bonds. The standard InChI is InChI=1S/C12H13NO4/c1-12(2)6-8(11(16)17-3)13-9(12)4-7(14)5-10(13)15/h4-6,14H,1-3H3. The molecular formula is C12H13NO4. The Bertz CT molecular complexity index is 581. The van der Waals surface area contributed by atoms with Crippen LogP contribution in [0.25, 0.3) is 5.70 Å². The minimum absolute atomic E-state index is 0.103. The summed E-state index contributed by atoms with van der Waals surface area (Å²) in [5.41, 5.74) is -0.177. The van der Waals surface area contributed by atoms with Crippen LogP contribution in [-0.4, -0.2) is 22.8 Å². The third kappa shape index (κ3) is 1.63. The third-order valence-corrected chi connectivity index (χ3v) is 2.81. The first-order valence-electron chi connectivity index (χ1n) is 5.15. The smallest absolute Gasteiger partial charge is 0.354 e. The Morgan fingerprint density at radius 1 is 1.41 bits per heavy atom. The lowest BCUT2D eigenvalue weighted by molar-refractivity contribution is -0.134. The van der Waals surface area contributed by atoms with Crippen molar-refractivity contribution >= 4 is 11.7 Å². The Hall–Kier alpha value is -2.04. The average molecular weight is 235 g/mol. The third-order valence-electron chi connectivity index (χ3n) is 2.81. The number of aromatic nitrogens is 1. The van der Waals surface area contributed by atoms with Crippen LogP contribution in [0, 0.1) is 0 Å². The van der Waals surface area contributed by atoms with Crippen molar-refractivity contribution in [1.82, 2.24) is 4.57 Å². The zero-order valence-electron chi connectivity index (χ0n) is 9.85.